The van der Waals surface area contributed by atoms with Crippen molar-refractivity contribution in [1.82, 2.24) is 4.57 Å². The number of non-ortho nitro benzene ring substituents is 1. The van der Waals surface area contributed by atoms with Gasteiger partial charge in [-0.25, -0.2) is 4.99 Å². The highest BCUT2D eigenvalue weighted by molar-refractivity contribution is 7.07. The van der Waals surface area contributed by atoms with Crippen LogP contribution in [0.15, 0.2) is 106 Å². The molecule has 7 rings (SSSR count). The van der Waals surface area contributed by atoms with Crippen LogP contribution in [0.3, 0.4) is 0 Å². The molecular formula is C33H21ClN4O6S. The third kappa shape index (κ3) is 5.22. The monoisotopic (exact) mass is 636 g/mol. The lowest BCUT2D eigenvalue weighted by Crippen LogP contribution is -2.38. The van der Waals surface area contributed by atoms with Crippen molar-refractivity contribution in [3.05, 3.63) is 164 Å². The topological polar surface area (TPSA) is 130 Å². The van der Waals surface area contributed by atoms with Crippen molar-refractivity contribution < 1.29 is 14.6 Å². The number of allylic oxidation sites excluding steroid dienone is 1. The van der Waals surface area contributed by atoms with Crippen LogP contribution in [0.4, 0.5) is 11.4 Å². The number of aromatic nitrogens is 1. The summed E-state index contributed by atoms with van der Waals surface area (Å²) in [7, 11) is 0. The summed E-state index contributed by atoms with van der Waals surface area (Å²) in [5.41, 5.74) is 4.69. The number of benzene rings is 4. The quantitative estimate of drug-likeness (QED) is 0.153. The molecule has 0 saturated carbocycles. The van der Waals surface area contributed by atoms with E-state index in [0.29, 0.717) is 19.9 Å². The molecule has 1 aliphatic carbocycles. The first-order valence-corrected chi connectivity index (χ1v) is 15.1. The van der Waals surface area contributed by atoms with E-state index >= 15 is 0 Å². The molecule has 0 spiro atoms. The number of fused-ring (bicyclic) bond motifs is 3. The number of hydrogen-bond acceptors (Lipinski definition) is 8. The highest BCUT2D eigenvalue weighted by Gasteiger charge is 2.32. The number of nitrogens with zero attached hydrogens (tertiary/aromatic N) is 4. The van der Waals surface area contributed by atoms with Crippen LogP contribution in [-0.4, -0.2) is 14.4 Å². The van der Waals surface area contributed by atoms with Crippen molar-refractivity contribution in [2.75, 3.05) is 0 Å². The van der Waals surface area contributed by atoms with Crippen molar-refractivity contribution in [3.8, 4) is 11.5 Å². The summed E-state index contributed by atoms with van der Waals surface area (Å²) in [5, 5.41) is 23.3. The second kappa shape index (κ2) is 11.3. The predicted octanol–water partition coefficient (Wildman–Crippen LogP) is 6.58. The van der Waals surface area contributed by atoms with E-state index in [9.17, 15) is 25.0 Å². The Bertz CT molecular complexity index is 2260. The fourth-order valence-corrected chi connectivity index (χ4v) is 6.89. The summed E-state index contributed by atoms with van der Waals surface area (Å²) in [6.07, 6.45) is 3.34. The van der Waals surface area contributed by atoms with Crippen LogP contribution < -0.4 is 19.6 Å². The standard InChI is InChI=1S/C33H21ClN4O6S/c34-22-11-8-21(9-12-22)31-26-14-10-20-5-1-2-7-25(20)30(26)35-33-36(31)32(39)29(45-33)17-19-4-3-6-24(16-19)44-28-15-13-23(37(40)41)18-27(28)38(42)43/h1-9,11-13,15-18,31H,10,14H2/b29-17-/t31-/m0/s1. The van der Waals surface area contributed by atoms with Gasteiger partial charge in [0, 0.05) is 16.7 Å². The molecule has 1 aliphatic heterocycles. The molecule has 0 unspecified atom stereocenters. The van der Waals surface area contributed by atoms with Crippen molar-refractivity contribution in [2.45, 2.75) is 18.9 Å². The van der Waals surface area contributed by atoms with E-state index < -0.39 is 21.2 Å². The van der Waals surface area contributed by atoms with Gasteiger partial charge in [0.05, 0.1) is 32.2 Å². The average Bonchev–Trinajstić information content (AvgIpc) is 3.34. The smallest absolute Gasteiger partial charge is 0.318 e. The van der Waals surface area contributed by atoms with E-state index in [-0.39, 0.29) is 23.1 Å². The normalized spacial score (nSPS) is 15.5. The molecule has 0 radical (unpaired) electrons. The SMILES string of the molecule is O=c1/c(=C/c2cccc(Oc3ccc([N+](=O)[O-])cc3[N+](=O)[O-])c2)sc2n1[C@@H](c1ccc(Cl)cc1)C1=C(N=2)c2ccccc2CC1. The molecule has 10 nitrogen and oxygen atoms in total. The van der Waals surface area contributed by atoms with Crippen LogP contribution in [0.2, 0.25) is 5.02 Å². The fourth-order valence-electron chi connectivity index (χ4n) is 5.76. The number of aryl methyl sites for hydroxylation is 1. The molecule has 2 heterocycles. The molecule has 4 aromatic carbocycles. The van der Waals surface area contributed by atoms with E-state index in [1.165, 1.54) is 23.0 Å². The van der Waals surface area contributed by atoms with Crippen LogP contribution in [-0.2, 0) is 6.42 Å². The second-order valence-corrected chi connectivity index (χ2v) is 12.0. The zero-order valence-corrected chi connectivity index (χ0v) is 24.8. The summed E-state index contributed by atoms with van der Waals surface area (Å²) in [6.45, 7) is 0. The molecule has 1 aromatic heterocycles. The molecule has 5 aromatic rings. The third-order valence-corrected chi connectivity index (χ3v) is 9.03. The van der Waals surface area contributed by atoms with Gasteiger partial charge < -0.3 is 4.74 Å². The summed E-state index contributed by atoms with van der Waals surface area (Å²) >= 11 is 7.50. The predicted molar refractivity (Wildman–Crippen MR) is 170 cm³/mol. The zero-order valence-electron chi connectivity index (χ0n) is 23.3. The fraction of sp³-hybridized carbons (Fsp3) is 0.0909. The largest absolute Gasteiger partial charge is 0.450 e. The van der Waals surface area contributed by atoms with Crippen molar-refractivity contribution in [2.24, 2.45) is 4.99 Å². The van der Waals surface area contributed by atoms with Gasteiger partial charge >= 0.3 is 5.69 Å². The van der Waals surface area contributed by atoms with Gasteiger partial charge in [0.15, 0.2) is 4.80 Å². The minimum atomic E-state index is -0.734. The van der Waals surface area contributed by atoms with Crippen molar-refractivity contribution >= 4 is 46.1 Å². The van der Waals surface area contributed by atoms with Crippen LogP contribution in [0.1, 0.15) is 34.7 Å². The minimum absolute atomic E-state index is 0.143. The average molecular weight is 637 g/mol. The van der Waals surface area contributed by atoms with Crippen LogP contribution in [0, 0.1) is 20.2 Å². The van der Waals surface area contributed by atoms with Gasteiger partial charge in [0.2, 0.25) is 5.75 Å². The molecule has 2 aliphatic rings. The van der Waals surface area contributed by atoms with Crippen molar-refractivity contribution in [3.63, 3.8) is 0 Å². The number of thiazole rings is 1. The van der Waals surface area contributed by atoms with Crippen molar-refractivity contribution in [1.29, 1.82) is 0 Å². The van der Waals surface area contributed by atoms with Gasteiger partial charge in [-0.2, -0.15) is 0 Å². The third-order valence-electron chi connectivity index (χ3n) is 7.79. The summed E-state index contributed by atoms with van der Waals surface area (Å²) in [4.78, 5) is 40.9. The Labute approximate surface area is 263 Å². The van der Waals surface area contributed by atoms with E-state index in [1.807, 2.05) is 36.4 Å². The Morgan fingerprint density at radius 1 is 0.933 bits per heavy atom. The number of rotatable bonds is 6. The van der Waals surface area contributed by atoms with E-state index in [0.717, 1.165) is 47.4 Å². The first-order chi connectivity index (χ1) is 21.8. The molecule has 1 atom stereocenters. The first kappa shape index (κ1) is 28.4. The van der Waals surface area contributed by atoms with Gasteiger partial charge in [-0.15, -0.1) is 0 Å². The number of halogens is 1. The Kier molecular flexibility index (Phi) is 7.11. The lowest BCUT2D eigenvalue weighted by Gasteiger charge is -2.30. The number of nitro groups is 2. The summed E-state index contributed by atoms with van der Waals surface area (Å²) < 4.78 is 7.98. The molecule has 0 N–H and O–H groups in total. The molecular weight excluding hydrogens is 616 g/mol. The second-order valence-electron chi connectivity index (χ2n) is 10.5. The van der Waals surface area contributed by atoms with Gasteiger partial charge in [-0.05, 0) is 71.5 Å². The van der Waals surface area contributed by atoms with Crippen LogP contribution in [0.5, 0.6) is 11.5 Å². The minimum Gasteiger partial charge on any atom is -0.450 e. The maximum Gasteiger partial charge on any atom is 0.318 e. The van der Waals surface area contributed by atoms with Crippen LogP contribution >= 0.6 is 22.9 Å². The van der Waals surface area contributed by atoms with E-state index in [1.54, 1.807) is 34.9 Å². The maximum absolute atomic E-state index is 14.0. The molecule has 12 heteroatoms. The number of hydrogen-bond donors (Lipinski definition) is 0. The Balaban J connectivity index is 1.32. The Morgan fingerprint density at radius 2 is 1.73 bits per heavy atom. The van der Waals surface area contributed by atoms with E-state index in [2.05, 4.69) is 12.1 Å². The van der Waals surface area contributed by atoms with Gasteiger partial charge in [0.25, 0.3) is 11.2 Å². The maximum atomic E-state index is 14.0. The first-order valence-electron chi connectivity index (χ1n) is 13.9. The lowest BCUT2D eigenvalue weighted by molar-refractivity contribution is -0.394. The molecule has 0 amide bonds. The van der Waals surface area contributed by atoms with E-state index in [4.69, 9.17) is 21.3 Å². The molecule has 45 heavy (non-hydrogen) atoms. The summed E-state index contributed by atoms with van der Waals surface area (Å²) in [5.74, 6) is 0.121. The Morgan fingerprint density at radius 3 is 2.51 bits per heavy atom. The van der Waals surface area contributed by atoms with Gasteiger partial charge in [-0.1, -0.05) is 71.5 Å². The highest BCUT2D eigenvalue weighted by atomic mass is 35.5. The Hall–Kier alpha value is -5.39. The van der Waals surface area contributed by atoms with Gasteiger partial charge in [-0.3, -0.25) is 29.6 Å². The summed E-state index contributed by atoms with van der Waals surface area (Å²) in [6, 6.07) is 25.3. The van der Waals surface area contributed by atoms with Gasteiger partial charge in [0.1, 0.15) is 5.75 Å². The number of ether oxygens (including phenoxy) is 1. The molecule has 0 fully saturated rings. The van der Waals surface area contributed by atoms with Crippen LogP contribution in [0.25, 0.3) is 11.8 Å². The number of nitro benzene ring substituents is 2. The highest BCUT2D eigenvalue weighted by Crippen LogP contribution is 2.41. The molecule has 0 bridgehead atoms. The molecule has 222 valence electrons. The zero-order chi connectivity index (χ0) is 31.2. The lowest BCUT2D eigenvalue weighted by atomic mass is 9.83. The molecule has 0 saturated heterocycles.